The fraction of sp³-hybridized carbons (Fsp3) is 0. The largest absolute Gasteiger partial charge is 0.308 e. The van der Waals surface area contributed by atoms with Crippen molar-refractivity contribution < 1.29 is 9.59 Å². The second-order valence-electron chi connectivity index (χ2n) is 12.0. The van der Waals surface area contributed by atoms with Crippen LogP contribution in [-0.2, 0) is 0 Å². The van der Waals surface area contributed by atoms with Gasteiger partial charge in [0.05, 0.1) is 33.4 Å². The minimum absolute atomic E-state index is 0.141. The van der Waals surface area contributed by atoms with E-state index in [1.165, 1.54) is 0 Å². The number of carbonyl (C=O) groups excluding carboxylic acids is 2. The van der Waals surface area contributed by atoms with Crippen LogP contribution in [0.15, 0.2) is 170 Å². The molecule has 2 aromatic heterocycles. The molecule has 7 aromatic carbocycles. The first-order chi connectivity index (χ1) is 23.7. The Balaban J connectivity index is 1.15. The van der Waals surface area contributed by atoms with Crippen LogP contribution in [0.5, 0.6) is 0 Å². The molecule has 9 aromatic rings. The van der Waals surface area contributed by atoms with Gasteiger partial charge in [0.25, 0.3) is 0 Å². The maximum atomic E-state index is 14.4. The van der Waals surface area contributed by atoms with Crippen LogP contribution in [0.1, 0.15) is 31.8 Å². The molecule has 0 aliphatic heterocycles. The van der Waals surface area contributed by atoms with E-state index in [1.54, 1.807) is 24.3 Å². The summed E-state index contributed by atoms with van der Waals surface area (Å²) in [5.74, 6) is -0.282. The molecule has 0 aliphatic carbocycles. The molecule has 0 spiro atoms. The van der Waals surface area contributed by atoms with Gasteiger partial charge in [-0.15, -0.1) is 0 Å². The van der Waals surface area contributed by atoms with Crippen molar-refractivity contribution in [2.75, 3.05) is 0 Å². The molecule has 9 rings (SSSR count). The molecule has 0 fully saturated rings. The van der Waals surface area contributed by atoms with Gasteiger partial charge in [0.15, 0.2) is 11.6 Å². The van der Waals surface area contributed by atoms with Crippen LogP contribution < -0.4 is 0 Å². The summed E-state index contributed by atoms with van der Waals surface area (Å²) in [7, 11) is 0. The van der Waals surface area contributed by atoms with Crippen molar-refractivity contribution >= 4 is 55.2 Å². The van der Waals surface area contributed by atoms with Crippen molar-refractivity contribution in [1.82, 2.24) is 9.13 Å². The smallest absolute Gasteiger partial charge is 0.195 e. The molecule has 2 heterocycles. The Morgan fingerprint density at radius 3 is 1.02 bits per heavy atom. The highest BCUT2D eigenvalue weighted by molar-refractivity contribution is 6.17. The Labute approximate surface area is 276 Å². The van der Waals surface area contributed by atoms with Gasteiger partial charge in [0.1, 0.15) is 0 Å². The van der Waals surface area contributed by atoms with Gasteiger partial charge in [0.2, 0.25) is 0 Å². The van der Waals surface area contributed by atoms with Gasteiger partial charge in [-0.3, -0.25) is 9.59 Å². The van der Waals surface area contributed by atoms with Crippen molar-refractivity contribution in [2.24, 2.45) is 0 Å². The van der Waals surface area contributed by atoms with Crippen molar-refractivity contribution in [3.8, 4) is 11.4 Å². The number of benzene rings is 7. The Bertz CT molecular complexity index is 2440. The summed E-state index contributed by atoms with van der Waals surface area (Å²) >= 11 is 0. The third kappa shape index (κ3) is 4.24. The van der Waals surface area contributed by atoms with Gasteiger partial charge < -0.3 is 9.13 Å². The Kier molecular flexibility index (Phi) is 6.41. The lowest BCUT2D eigenvalue weighted by molar-refractivity contribution is 0.103. The summed E-state index contributed by atoms with van der Waals surface area (Å²) in [5.41, 5.74) is 7.79. The third-order valence-corrected chi connectivity index (χ3v) is 9.33. The molecule has 0 radical (unpaired) electrons. The zero-order valence-corrected chi connectivity index (χ0v) is 25.9. The molecule has 0 atom stereocenters. The van der Waals surface area contributed by atoms with E-state index in [2.05, 4.69) is 57.7 Å². The van der Waals surface area contributed by atoms with Crippen molar-refractivity contribution in [3.05, 3.63) is 192 Å². The predicted octanol–water partition coefficient (Wildman–Crippen LogP) is 10.3. The van der Waals surface area contributed by atoms with Gasteiger partial charge >= 0.3 is 0 Å². The molecule has 0 unspecified atom stereocenters. The predicted molar refractivity (Wildman–Crippen MR) is 195 cm³/mol. The van der Waals surface area contributed by atoms with Crippen molar-refractivity contribution in [1.29, 1.82) is 0 Å². The van der Waals surface area contributed by atoms with E-state index in [0.29, 0.717) is 22.3 Å². The average Bonchev–Trinajstić information content (AvgIpc) is 3.67. The van der Waals surface area contributed by atoms with Gasteiger partial charge in [-0.05, 0) is 54.6 Å². The second-order valence-corrected chi connectivity index (χ2v) is 12.0. The third-order valence-electron chi connectivity index (χ3n) is 9.33. The highest BCUT2D eigenvalue weighted by Gasteiger charge is 2.22. The Morgan fingerprint density at radius 2 is 0.646 bits per heavy atom. The van der Waals surface area contributed by atoms with E-state index in [4.69, 9.17) is 0 Å². The molecule has 0 aliphatic rings. The zero-order valence-electron chi connectivity index (χ0n) is 25.9. The molecular formula is C44H28N2O2. The number of ketones is 2. The van der Waals surface area contributed by atoms with Crippen LogP contribution >= 0.6 is 0 Å². The molecule has 0 N–H and O–H groups in total. The van der Waals surface area contributed by atoms with Crippen LogP contribution in [0.3, 0.4) is 0 Å². The number of carbonyl (C=O) groups is 2. The molecule has 4 heteroatoms. The highest BCUT2D eigenvalue weighted by Crippen LogP contribution is 2.35. The molecule has 4 nitrogen and oxygen atoms in total. The topological polar surface area (TPSA) is 44.0 Å². The molecule has 0 bridgehead atoms. The zero-order chi connectivity index (χ0) is 32.2. The van der Waals surface area contributed by atoms with Crippen LogP contribution in [0.25, 0.3) is 55.0 Å². The van der Waals surface area contributed by atoms with Crippen LogP contribution in [0.4, 0.5) is 0 Å². The van der Waals surface area contributed by atoms with Gasteiger partial charge in [-0.1, -0.05) is 115 Å². The fourth-order valence-electron chi connectivity index (χ4n) is 7.20. The van der Waals surface area contributed by atoms with E-state index in [0.717, 1.165) is 55.0 Å². The number of nitrogens with zero attached hydrogens (tertiary/aromatic N) is 2. The maximum absolute atomic E-state index is 14.4. The quantitative estimate of drug-likeness (QED) is 0.175. The molecule has 226 valence electrons. The first kappa shape index (κ1) is 27.8. The summed E-state index contributed by atoms with van der Waals surface area (Å²) in [6.45, 7) is 0. The molecular weight excluding hydrogens is 588 g/mol. The van der Waals surface area contributed by atoms with E-state index in [9.17, 15) is 9.59 Å². The lowest BCUT2D eigenvalue weighted by atomic mass is 9.96. The molecule has 0 saturated carbocycles. The van der Waals surface area contributed by atoms with Crippen molar-refractivity contribution in [3.63, 3.8) is 0 Å². The Morgan fingerprint density at radius 1 is 0.333 bits per heavy atom. The lowest BCUT2D eigenvalue weighted by Crippen LogP contribution is -2.10. The summed E-state index contributed by atoms with van der Waals surface area (Å²) in [4.78, 5) is 28.7. The monoisotopic (exact) mass is 616 g/mol. The minimum atomic E-state index is -0.141. The summed E-state index contributed by atoms with van der Waals surface area (Å²) in [5, 5.41) is 4.52. The van der Waals surface area contributed by atoms with E-state index >= 15 is 0 Å². The number of para-hydroxylation sites is 6. The molecule has 0 amide bonds. The van der Waals surface area contributed by atoms with Gasteiger partial charge in [0, 0.05) is 43.8 Å². The number of fused-ring (bicyclic) bond motifs is 6. The van der Waals surface area contributed by atoms with E-state index < -0.39 is 0 Å². The molecule has 0 saturated heterocycles. The normalized spacial score (nSPS) is 11.5. The summed E-state index contributed by atoms with van der Waals surface area (Å²) in [6, 6.07) is 55.6. The van der Waals surface area contributed by atoms with Crippen LogP contribution in [0.2, 0.25) is 0 Å². The van der Waals surface area contributed by atoms with Crippen LogP contribution in [0, 0.1) is 0 Å². The lowest BCUT2D eigenvalue weighted by Gasteiger charge is -2.14. The molecule has 48 heavy (non-hydrogen) atoms. The SMILES string of the molecule is O=C(c1cccc(C(=O)c2ccccc2-n2c3ccccc3c3ccccc32)c1)c1ccccc1-n1c2ccccc2c2ccccc21. The first-order valence-electron chi connectivity index (χ1n) is 16.0. The highest BCUT2D eigenvalue weighted by atomic mass is 16.1. The van der Waals surface area contributed by atoms with E-state index in [1.807, 2.05) is 97.1 Å². The number of aromatic nitrogens is 2. The summed E-state index contributed by atoms with van der Waals surface area (Å²) < 4.78 is 4.32. The number of rotatable bonds is 6. The second kappa shape index (κ2) is 11.1. The summed E-state index contributed by atoms with van der Waals surface area (Å²) in [6.07, 6.45) is 0. The average molecular weight is 617 g/mol. The van der Waals surface area contributed by atoms with E-state index in [-0.39, 0.29) is 11.6 Å². The minimum Gasteiger partial charge on any atom is -0.308 e. The first-order valence-corrected chi connectivity index (χ1v) is 16.0. The Hall–Kier alpha value is -6.52. The van der Waals surface area contributed by atoms with Crippen LogP contribution in [-0.4, -0.2) is 20.7 Å². The van der Waals surface area contributed by atoms with Crippen molar-refractivity contribution in [2.45, 2.75) is 0 Å². The van der Waals surface area contributed by atoms with Gasteiger partial charge in [-0.25, -0.2) is 0 Å². The fourth-order valence-corrected chi connectivity index (χ4v) is 7.20. The van der Waals surface area contributed by atoms with Gasteiger partial charge in [-0.2, -0.15) is 0 Å². The maximum Gasteiger partial charge on any atom is 0.195 e. The number of hydrogen-bond acceptors (Lipinski definition) is 2. The standard InChI is InChI=1S/C44H28N2O2/c47-43(35-20-5-11-26-41(35)45-37-22-7-1-16-31(37)32-17-2-8-23-38(32)45)29-14-13-15-30(28-29)44(48)36-21-6-12-27-42(36)46-39-24-9-3-18-33(39)34-19-4-10-25-40(34)46/h1-28H. The number of hydrogen-bond donors (Lipinski definition) is 0.